The first-order chi connectivity index (χ1) is 9.61. The van der Waals surface area contributed by atoms with Crippen LogP contribution in [0.15, 0.2) is 6.33 Å². The normalized spacial score (nSPS) is 11.2. The zero-order chi connectivity index (χ0) is 14.5. The van der Waals surface area contributed by atoms with Crippen molar-refractivity contribution in [2.45, 2.75) is 13.3 Å². The number of hydrogen-bond donors (Lipinski definition) is 2. The van der Waals surface area contributed by atoms with Gasteiger partial charge in [0.1, 0.15) is 5.52 Å². The van der Waals surface area contributed by atoms with Gasteiger partial charge < -0.3 is 20.1 Å². The van der Waals surface area contributed by atoms with Crippen LogP contribution in [0.4, 0.5) is 11.8 Å². The van der Waals surface area contributed by atoms with E-state index in [0.29, 0.717) is 11.6 Å². The monoisotopic (exact) mass is 277 g/mol. The van der Waals surface area contributed by atoms with Gasteiger partial charge in [0.05, 0.1) is 6.33 Å². The van der Waals surface area contributed by atoms with Gasteiger partial charge in [0.15, 0.2) is 11.5 Å². The summed E-state index contributed by atoms with van der Waals surface area (Å²) in [6.45, 7) is 4.83. The third kappa shape index (κ3) is 3.36. The molecule has 0 aliphatic heterocycles. The van der Waals surface area contributed by atoms with Crippen LogP contribution in [0.2, 0.25) is 0 Å². The van der Waals surface area contributed by atoms with Gasteiger partial charge in [-0.2, -0.15) is 9.97 Å². The van der Waals surface area contributed by atoms with Crippen LogP contribution >= 0.6 is 0 Å². The number of nitrogens with zero attached hydrogens (tertiary/aromatic N) is 5. The van der Waals surface area contributed by atoms with E-state index in [2.05, 4.69) is 56.1 Å². The molecule has 0 saturated heterocycles. The van der Waals surface area contributed by atoms with Crippen LogP contribution in [0.1, 0.15) is 13.3 Å². The van der Waals surface area contributed by atoms with E-state index in [-0.39, 0.29) is 0 Å². The molecule has 0 bridgehead atoms. The first-order valence-electron chi connectivity index (χ1n) is 6.92. The molecule has 0 aromatic carbocycles. The van der Waals surface area contributed by atoms with Crippen molar-refractivity contribution in [2.24, 2.45) is 0 Å². The minimum atomic E-state index is 0.637. The SMILES string of the molecule is CCCNc1nc(N(C)CCN(C)C)c2[nH]cnc2n1. The molecule has 2 aromatic rings. The molecule has 0 unspecified atom stereocenters. The first kappa shape index (κ1) is 14.5. The standard InChI is InChI=1S/C13H23N7/c1-5-6-14-13-17-11-10(15-9-16-11)12(18-13)20(4)8-7-19(2)3/h9H,5-8H2,1-4H3,(H2,14,15,16,17,18). The molecule has 2 rings (SSSR count). The highest BCUT2D eigenvalue weighted by atomic mass is 15.2. The molecule has 0 atom stereocenters. The number of aromatic amines is 1. The lowest BCUT2D eigenvalue weighted by Gasteiger charge is -2.21. The van der Waals surface area contributed by atoms with E-state index in [1.165, 1.54) is 0 Å². The number of imidazole rings is 1. The molecule has 2 aromatic heterocycles. The summed E-state index contributed by atoms with van der Waals surface area (Å²) in [5.74, 6) is 1.52. The summed E-state index contributed by atoms with van der Waals surface area (Å²) >= 11 is 0. The highest BCUT2D eigenvalue weighted by Crippen LogP contribution is 2.21. The molecular weight excluding hydrogens is 254 g/mol. The second-order valence-electron chi connectivity index (χ2n) is 5.12. The van der Waals surface area contributed by atoms with E-state index in [0.717, 1.165) is 37.4 Å². The second-order valence-corrected chi connectivity index (χ2v) is 5.12. The summed E-state index contributed by atoms with van der Waals surface area (Å²) in [7, 11) is 6.16. The Hall–Kier alpha value is -1.89. The van der Waals surface area contributed by atoms with Crippen LogP contribution in [-0.4, -0.2) is 65.6 Å². The predicted octanol–water partition coefficient (Wildman–Crippen LogP) is 1.17. The largest absolute Gasteiger partial charge is 0.356 e. The molecule has 0 amide bonds. The van der Waals surface area contributed by atoms with E-state index < -0.39 is 0 Å². The van der Waals surface area contributed by atoms with Crippen LogP contribution in [0.25, 0.3) is 11.2 Å². The van der Waals surface area contributed by atoms with E-state index in [9.17, 15) is 0 Å². The fourth-order valence-electron chi connectivity index (χ4n) is 1.87. The summed E-state index contributed by atoms with van der Waals surface area (Å²) in [4.78, 5) is 20.6. The zero-order valence-corrected chi connectivity index (χ0v) is 12.6. The summed E-state index contributed by atoms with van der Waals surface area (Å²) in [5.41, 5.74) is 1.58. The number of likely N-dealkylation sites (N-methyl/N-ethyl adjacent to an activating group) is 2. The number of rotatable bonds is 7. The van der Waals surface area contributed by atoms with Gasteiger partial charge in [0.2, 0.25) is 5.95 Å². The van der Waals surface area contributed by atoms with Crippen molar-refractivity contribution >= 4 is 22.9 Å². The van der Waals surface area contributed by atoms with E-state index in [1.54, 1.807) is 6.33 Å². The number of H-pyrrole nitrogens is 1. The molecule has 0 fully saturated rings. The van der Waals surface area contributed by atoms with Crippen LogP contribution < -0.4 is 10.2 Å². The Morgan fingerprint density at radius 2 is 2.00 bits per heavy atom. The second kappa shape index (κ2) is 6.51. The average molecular weight is 277 g/mol. The summed E-state index contributed by atoms with van der Waals surface area (Å²) in [5, 5.41) is 3.22. The van der Waals surface area contributed by atoms with Gasteiger partial charge in [-0.05, 0) is 20.5 Å². The maximum atomic E-state index is 4.60. The molecule has 0 aliphatic carbocycles. The maximum absolute atomic E-state index is 4.60. The summed E-state index contributed by atoms with van der Waals surface area (Å²) in [6, 6.07) is 0. The number of hydrogen-bond acceptors (Lipinski definition) is 6. The molecule has 0 aliphatic rings. The van der Waals surface area contributed by atoms with Gasteiger partial charge in [-0.3, -0.25) is 0 Å². The third-order valence-electron chi connectivity index (χ3n) is 3.04. The molecule has 2 N–H and O–H groups in total. The quantitative estimate of drug-likeness (QED) is 0.791. The lowest BCUT2D eigenvalue weighted by molar-refractivity contribution is 0.416. The number of anilines is 2. The maximum Gasteiger partial charge on any atom is 0.226 e. The van der Waals surface area contributed by atoms with Crippen molar-refractivity contribution < 1.29 is 0 Å². The van der Waals surface area contributed by atoms with Crippen LogP contribution in [0.5, 0.6) is 0 Å². The van der Waals surface area contributed by atoms with E-state index >= 15 is 0 Å². The molecule has 7 nitrogen and oxygen atoms in total. The predicted molar refractivity (Wildman–Crippen MR) is 82.3 cm³/mol. The molecule has 0 spiro atoms. The molecular formula is C13H23N7. The molecule has 110 valence electrons. The highest BCUT2D eigenvalue weighted by Gasteiger charge is 2.13. The highest BCUT2D eigenvalue weighted by molar-refractivity contribution is 5.84. The van der Waals surface area contributed by atoms with Crippen molar-refractivity contribution in [3.8, 4) is 0 Å². The van der Waals surface area contributed by atoms with Crippen LogP contribution in [-0.2, 0) is 0 Å². The Bertz CT molecular complexity index is 549. The Kier molecular flexibility index (Phi) is 4.73. The van der Waals surface area contributed by atoms with Crippen LogP contribution in [0.3, 0.4) is 0 Å². The third-order valence-corrected chi connectivity index (χ3v) is 3.04. The first-order valence-corrected chi connectivity index (χ1v) is 6.92. The van der Waals surface area contributed by atoms with Crippen LogP contribution in [0, 0.1) is 0 Å². The zero-order valence-electron chi connectivity index (χ0n) is 12.6. The Morgan fingerprint density at radius 1 is 1.20 bits per heavy atom. The molecule has 7 heteroatoms. The van der Waals surface area contributed by atoms with Crippen molar-refractivity contribution in [3.05, 3.63) is 6.33 Å². The van der Waals surface area contributed by atoms with E-state index in [1.807, 2.05) is 7.05 Å². The molecule has 20 heavy (non-hydrogen) atoms. The summed E-state index contributed by atoms with van der Waals surface area (Å²) < 4.78 is 0. The minimum Gasteiger partial charge on any atom is -0.356 e. The minimum absolute atomic E-state index is 0.637. The van der Waals surface area contributed by atoms with Crippen molar-refractivity contribution in [1.29, 1.82) is 0 Å². The van der Waals surface area contributed by atoms with Gasteiger partial charge in [0, 0.05) is 26.7 Å². The Morgan fingerprint density at radius 3 is 2.70 bits per heavy atom. The fraction of sp³-hybridized carbons (Fsp3) is 0.615. The molecule has 0 saturated carbocycles. The van der Waals surface area contributed by atoms with Gasteiger partial charge in [-0.25, -0.2) is 4.98 Å². The lowest BCUT2D eigenvalue weighted by Crippen LogP contribution is -2.29. The lowest BCUT2D eigenvalue weighted by atomic mass is 10.4. The average Bonchev–Trinajstić information content (AvgIpc) is 2.89. The number of fused-ring (bicyclic) bond motifs is 1. The molecule has 2 heterocycles. The number of nitrogens with one attached hydrogen (secondary N) is 2. The molecule has 0 radical (unpaired) electrons. The summed E-state index contributed by atoms with van der Waals surface area (Å²) in [6.07, 6.45) is 2.69. The van der Waals surface area contributed by atoms with Gasteiger partial charge in [0.25, 0.3) is 0 Å². The fourth-order valence-corrected chi connectivity index (χ4v) is 1.87. The van der Waals surface area contributed by atoms with Gasteiger partial charge in [-0.1, -0.05) is 6.92 Å². The van der Waals surface area contributed by atoms with Crippen molar-refractivity contribution in [3.63, 3.8) is 0 Å². The van der Waals surface area contributed by atoms with Gasteiger partial charge in [-0.15, -0.1) is 0 Å². The smallest absolute Gasteiger partial charge is 0.226 e. The Labute approximate surface area is 119 Å². The van der Waals surface area contributed by atoms with Gasteiger partial charge >= 0.3 is 0 Å². The van der Waals surface area contributed by atoms with Crippen molar-refractivity contribution in [2.75, 3.05) is 51.0 Å². The Balaban J connectivity index is 2.26. The topological polar surface area (TPSA) is 73.0 Å². The van der Waals surface area contributed by atoms with E-state index in [4.69, 9.17) is 0 Å². The number of aromatic nitrogens is 4. The van der Waals surface area contributed by atoms with Crippen molar-refractivity contribution in [1.82, 2.24) is 24.8 Å².